The zero-order valence-corrected chi connectivity index (χ0v) is 12.6. The van der Waals surface area contributed by atoms with Crippen molar-refractivity contribution in [2.24, 2.45) is 0 Å². The van der Waals surface area contributed by atoms with Crippen LogP contribution in [0.5, 0.6) is 0 Å². The monoisotopic (exact) mass is 349 g/mol. The Morgan fingerprint density at radius 2 is 1.95 bits per heavy atom. The number of halogens is 1. The Morgan fingerprint density at radius 1 is 1.37 bits per heavy atom. The zero-order valence-electron chi connectivity index (χ0n) is 10.2. The van der Waals surface area contributed by atoms with E-state index in [1.165, 1.54) is 26.1 Å². The maximum atomic E-state index is 12.2. The number of carboxylic acid groups (broad SMARTS) is 1. The third-order valence-electron chi connectivity index (χ3n) is 2.57. The Labute approximate surface area is 118 Å². The van der Waals surface area contributed by atoms with Crippen molar-refractivity contribution in [3.8, 4) is 0 Å². The molecule has 0 aromatic heterocycles. The largest absolute Gasteiger partial charge is 0.478 e. The molecule has 1 atom stereocenters. The van der Waals surface area contributed by atoms with Gasteiger partial charge in [0.1, 0.15) is 5.25 Å². The third kappa shape index (κ3) is 3.13. The lowest BCUT2D eigenvalue weighted by molar-refractivity contribution is -0.119. The zero-order chi connectivity index (χ0) is 14.8. The highest BCUT2D eigenvalue weighted by Crippen LogP contribution is 2.26. The number of amides is 1. The first-order valence-corrected chi connectivity index (χ1v) is 7.54. The van der Waals surface area contributed by atoms with Crippen LogP contribution in [0.3, 0.4) is 0 Å². The minimum Gasteiger partial charge on any atom is -0.478 e. The molecule has 0 radical (unpaired) electrons. The SMILES string of the molecule is CNC(=O)C(C)S(=O)(=O)c1cc(C(=O)O)ccc1Br. The Bertz CT molecular complexity index is 626. The summed E-state index contributed by atoms with van der Waals surface area (Å²) in [7, 11) is -2.63. The van der Waals surface area contributed by atoms with Crippen LogP contribution in [-0.4, -0.2) is 37.7 Å². The molecule has 2 N–H and O–H groups in total. The molecule has 1 aromatic carbocycles. The van der Waals surface area contributed by atoms with Crippen LogP contribution in [0.2, 0.25) is 0 Å². The molecule has 1 rings (SSSR count). The number of carbonyl (C=O) groups excluding carboxylic acids is 1. The van der Waals surface area contributed by atoms with Gasteiger partial charge in [0.15, 0.2) is 9.84 Å². The lowest BCUT2D eigenvalue weighted by Crippen LogP contribution is -2.36. The number of nitrogens with one attached hydrogen (secondary N) is 1. The van der Waals surface area contributed by atoms with E-state index in [2.05, 4.69) is 21.2 Å². The third-order valence-corrected chi connectivity index (χ3v) is 5.62. The number of carbonyl (C=O) groups is 2. The number of sulfone groups is 1. The number of hydrogen-bond acceptors (Lipinski definition) is 4. The highest BCUT2D eigenvalue weighted by Gasteiger charge is 2.31. The second kappa shape index (κ2) is 5.70. The van der Waals surface area contributed by atoms with Crippen molar-refractivity contribution in [1.82, 2.24) is 5.32 Å². The number of aromatic carboxylic acids is 1. The van der Waals surface area contributed by atoms with E-state index < -0.39 is 27.0 Å². The fourth-order valence-corrected chi connectivity index (χ4v) is 3.72. The molecule has 19 heavy (non-hydrogen) atoms. The van der Waals surface area contributed by atoms with Gasteiger partial charge in [0.25, 0.3) is 0 Å². The molecule has 104 valence electrons. The van der Waals surface area contributed by atoms with Crippen LogP contribution in [-0.2, 0) is 14.6 Å². The molecule has 1 aromatic rings. The van der Waals surface area contributed by atoms with Gasteiger partial charge < -0.3 is 10.4 Å². The maximum Gasteiger partial charge on any atom is 0.335 e. The summed E-state index contributed by atoms with van der Waals surface area (Å²) in [6.07, 6.45) is 0. The smallest absolute Gasteiger partial charge is 0.335 e. The van der Waals surface area contributed by atoms with Gasteiger partial charge >= 0.3 is 5.97 Å². The quantitative estimate of drug-likeness (QED) is 0.846. The Morgan fingerprint density at radius 3 is 2.42 bits per heavy atom. The maximum absolute atomic E-state index is 12.2. The van der Waals surface area contributed by atoms with Crippen LogP contribution >= 0.6 is 15.9 Å². The van der Waals surface area contributed by atoms with Gasteiger partial charge in [0, 0.05) is 11.5 Å². The fraction of sp³-hybridized carbons (Fsp3) is 0.273. The summed E-state index contributed by atoms with van der Waals surface area (Å²) in [5.41, 5.74) is -0.161. The second-order valence-corrected chi connectivity index (χ2v) is 6.84. The van der Waals surface area contributed by atoms with Gasteiger partial charge in [-0.05, 0) is 41.1 Å². The van der Waals surface area contributed by atoms with Crippen molar-refractivity contribution in [3.05, 3.63) is 28.2 Å². The molecule has 0 spiro atoms. The predicted octanol–water partition coefficient (Wildman–Crippen LogP) is 1.06. The average Bonchev–Trinajstić information content (AvgIpc) is 2.36. The number of hydrogen-bond donors (Lipinski definition) is 2. The van der Waals surface area contributed by atoms with Crippen molar-refractivity contribution < 1.29 is 23.1 Å². The highest BCUT2D eigenvalue weighted by molar-refractivity contribution is 9.10. The predicted molar refractivity (Wildman–Crippen MR) is 71.8 cm³/mol. The molecule has 1 amide bonds. The molecule has 8 heteroatoms. The molecule has 1 unspecified atom stereocenters. The van der Waals surface area contributed by atoms with Gasteiger partial charge in [-0.1, -0.05) is 0 Å². The van der Waals surface area contributed by atoms with Crippen LogP contribution in [0.25, 0.3) is 0 Å². The molecule has 0 heterocycles. The first-order chi connectivity index (χ1) is 8.71. The summed E-state index contributed by atoms with van der Waals surface area (Å²) in [5, 5.41) is 9.81. The van der Waals surface area contributed by atoms with Crippen LogP contribution in [0, 0.1) is 0 Å². The van der Waals surface area contributed by atoms with Gasteiger partial charge in [0.2, 0.25) is 5.91 Å². The van der Waals surface area contributed by atoms with Crippen LogP contribution < -0.4 is 5.32 Å². The molecule has 0 saturated heterocycles. The summed E-state index contributed by atoms with van der Waals surface area (Å²) in [6, 6.07) is 3.63. The molecule has 6 nitrogen and oxygen atoms in total. The molecular formula is C11H12BrNO5S. The number of rotatable bonds is 4. The Kier molecular flexibility index (Phi) is 4.70. The normalized spacial score (nSPS) is 12.8. The standard InChI is InChI=1S/C11H12BrNO5S/c1-6(10(14)13-2)19(17,18)9-5-7(11(15)16)3-4-8(9)12/h3-6H,1-2H3,(H,13,14)(H,15,16). The molecular weight excluding hydrogens is 338 g/mol. The van der Waals surface area contributed by atoms with E-state index in [0.29, 0.717) is 0 Å². The summed E-state index contributed by atoms with van der Waals surface area (Å²) in [5.74, 6) is -1.90. The van der Waals surface area contributed by atoms with E-state index in [4.69, 9.17) is 5.11 Å². The Hall–Kier alpha value is -1.41. The van der Waals surface area contributed by atoms with E-state index in [0.717, 1.165) is 6.07 Å². The topological polar surface area (TPSA) is 101 Å². The number of carboxylic acids is 1. The highest BCUT2D eigenvalue weighted by atomic mass is 79.9. The van der Waals surface area contributed by atoms with Crippen molar-refractivity contribution in [3.63, 3.8) is 0 Å². The first-order valence-electron chi connectivity index (χ1n) is 5.20. The van der Waals surface area contributed by atoms with Crippen LogP contribution in [0.4, 0.5) is 0 Å². The molecule has 0 saturated carbocycles. The van der Waals surface area contributed by atoms with Crippen LogP contribution in [0.1, 0.15) is 17.3 Å². The molecule has 0 aliphatic rings. The van der Waals surface area contributed by atoms with Crippen molar-refractivity contribution in [1.29, 1.82) is 0 Å². The second-order valence-electron chi connectivity index (χ2n) is 3.75. The summed E-state index contributed by atoms with van der Waals surface area (Å²) in [6.45, 7) is 1.24. The summed E-state index contributed by atoms with van der Waals surface area (Å²) >= 11 is 3.05. The van der Waals surface area contributed by atoms with E-state index in [-0.39, 0.29) is 14.9 Å². The molecule has 0 aliphatic heterocycles. The lowest BCUT2D eigenvalue weighted by atomic mass is 10.2. The van der Waals surface area contributed by atoms with Crippen LogP contribution in [0.15, 0.2) is 27.6 Å². The first kappa shape index (κ1) is 15.6. The molecule has 0 bridgehead atoms. The van der Waals surface area contributed by atoms with Crippen molar-refractivity contribution in [2.45, 2.75) is 17.1 Å². The Balaban J connectivity index is 3.40. The minimum absolute atomic E-state index is 0.161. The van der Waals surface area contributed by atoms with Crippen molar-refractivity contribution in [2.75, 3.05) is 7.05 Å². The van der Waals surface area contributed by atoms with Gasteiger partial charge in [-0.25, -0.2) is 13.2 Å². The van der Waals surface area contributed by atoms with E-state index in [1.807, 2.05) is 0 Å². The van der Waals surface area contributed by atoms with Gasteiger partial charge in [0.05, 0.1) is 10.5 Å². The van der Waals surface area contributed by atoms with Crippen molar-refractivity contribution >= 4 is 37.6 Å². The summed E-state index contributed by atoms with van der Waals surface area (Å²) < 4.78 is 24.7. The van der Waals surface area contributed by atoms with E-state index in [9.17, 15) is 18.0 Å². The lowest BCUT2D eigenvalue weighted by Gasteiger charge is -2.13. The molecule has 0 aliphatic carbocycles. The fourth-order valence-electron chi connectivity index (χ4n) is 1.39. The van der Waals surface area contributed by atoms with Gasteiger partial charge in [-0.3, -0.25) is 4.79 Å². The average molecular weight is 350 g/mol. The van der Waals surface area contributed by atoms with E-state index >= 15 is 0 Å². The van der Waals surface area contributed by atoms with Gasteiger partial charge in [-0.15, -0.1) is 0 Å². The number of benzene rings is 1. The molecule has 0 fully saturated rings. The van der Waals surface area contributed by atoms with Gasteiger partial charge in [-0.2, -0.15) is 0 Å². The van der Waals surface area contributed by atoms with E-state index in [1.54, 1.807) is 0 Å². The summed E-state index contributed by atoms with van der Waals surface area (Å²) in [4.78, 5) is 22.1. The minimum atomic E-state index is -3.96.